The Morgan fingerprint density at radius 2 is 2.32 bits per heavy atom. The van der Waals surface area contributed by atoms with Gasteiger partial charge in [-0.1, -0.05) is 11.2 Å². The topological polar surface area (TPSA) is 47.1 Å². The number of nitrogens with zero attached hydrogens (tertiary/aromatic N) is 4. The standard InChI is InChI=1S/C16H18N4OS/c1-19-8-2-5-12(19)13-6-3-9-20(13)11-15-17-16(18-21-15)14-7-4-10-22-14/h2,4-5,7-8,10,13H,3,6,9,11H2,1H3. The highest BCUT2D eigenvalue weighted by molar-refractivity contribution is 7.13. The Bertz CT molecular complexity index is 746. The van der Waals surface area contributed by atoms with Crippen molar-refractivity contribution in [3.63, 3.8) is 0 Å². The van der Waals surface area contributed by atoms with E-state index in [1.807, 2.05) is 17.5 Å². The third-order valence-electron chi connectivity index (χ3n) is 4.24. The number of aryl methyl sites for hydroxylation is 1. The van der Waals surface area contributed by atoms with Gasteiger partial charge in [0.15, 0.2) is 0 Å². The molecule has 0 N–H and O–H groups in total. The van der Waals surface area contributed by atoms with E-state index in [2.05, 4.69) is 45.0 Å². The first kappa shape index (κ1) is 13.7. The molecule has 1 aliphatic heterocycles. The summed E-state index contributed by atoms with van der Waals surface area (Å²) in [5.41, 5.74) is 1.36. The first-order valence-electron chi connectivity index (χ1n) is 7.53. The van der Waals surface area contributed by atoms with Crippen LogP contribution in [0.5, 0.6) is 0 Å². The molecule has 5 nitrogen and oxygen atoms in total. The van der Waals surface area contributed by atoms with Crippen LogP contribution in [0, 0.1) is 0 Å². The molecule has 0 saturated carbocycles. The summed E-state index contributed by atoms with van der Waals surface area (Å²) >= 11 is 1.63. The lowest BCUT2D eigenvalue weighted by molar-refractivity contribution is 0.207. The second kappa shape index (κ2) is 5.70. The predicted molar refractivity (Wildman–Crippen MR) is 85.4 cm³/mol. The Balaban J connectivity index is 1.52. The molecule has 3 aromatic heterocycles. The molecular formula is C16H18N4OS. The third-order valence-corrected chi connectivity index (χ3v) is 5.10. The average Bonchev–Trinajstić information content (AvgIpc) is 3.25. The number of rotatable bonds is 4. The van der Waals surface area contributed by atoms with E-state index in [0.717, 1.165) is 11.4 Å². The van der Waals surface area contributed by atoms with Crippen LogP contribution in [0.15, 0.2) is 40.4 Å². The number of hydrogen-bond acceptors (Lipinski definition) is 5. The molecule has 114 valence electrons. The van der Waals surface area contributed by atoms with Crippen molar-refractivity contribution in [1.82, 2.24) is 19.6 Å². The maximum Gasteiger partial charge on any atom is 0.241 e. The molecule has 0 amide bonds. The summed E-state index contributed by atoms with van der Waals surface area (Å²) in [5, 5.41) is 6.12. The summed E-state index contributed by atoms with van der Waals surface area (Å²) in [6.45, 7) is 1.79. The fraction of sp³-hybridized carbons (Fsp3) is 0.375. The van der Waals surface area contributed by atoms with Crippen LogP contribution in [0.25, 0.3) is 10.7 Å². The van der Waals surface area contributed by atoms with E-state index in [0.29, 0.717) is 24.3 Å². The molecule has 3 aromatic rings. The van der Waals surface area contributed by atoms with Crippen molar-refractivity contribution < 1.29 is 4.52 Å². The predicted octanol–water partition coefficient (Wildman–Crippen LogP) is 3.47. The van der Waals surface area contributed by atoms with E-state index < -0.39 is 0 Å². The summed E-state index contributed by atoms with van der Waals surface area (Å²) in [5.74, 6) is 1.39. The lowest BCUT2D eigenvalue weighted by atomic mass is 10.1. The van der Waals surface area contributed by atoms with Gasteiger partial charge in [0.05, 0.1) is 17.5 Å². The summed E-state index contributed by atoms with van der Waals surface area (Å²) in [6, 6.07) is 8.77. The molecule has 1 unspecified atom stereocenters. The molecule has 0 radical (unpaired) electrons. The van der Waals surface area contributed by atoms with Crippen molar-refractivity contribution in [2.24, 2.45) is 7.05 Å². The zero-order valence-electron chi connectivity index (χ0n) is 12.5. The van der Waals surface area contributed by atoms with E-state index in [9.17, 15) is 0 Å². The molecule has 0 spiro atoms. The van der Waals surface area contributed by atoms with Gasteiger partial charge >= 0.3 is 0 Å². The van der Waals surface area contributed by atoms with Gasteiger partial charge in [-0.2, -0.15) is 4.98 Å². The Morgan fingerprint density at radius 1 is 1.36 bits per heavy atom. The second-order valence-corrected chi connectivity index (χ2v) is 6.61. The van der Waals surface area contributed by atoms with Crippen molar-refractivity contribution in [2.45, 2.75) is 25.4 Å². The molecule has 1 aliphatic rings. The van der Waals surface area contributed by atoms with Crippen molar-refractivity contribution in [1.29, 1.82) is 0 Å². The van der Waals surface area contributed by atoms with Gasteiger partial charge in [-0.05, 0) is 43.0 Å². The Hall–Kier alpha value is -1.92. The van der Waals surface area contributed by atoms with Gasteiger partial charge < -0.3 is 9.09 Å². The summed E-state index contributed by atoms with van der Waals surface area (Å²) < 4.78 is 7.65. The third kappa shape index (κ3) is 2.48. The van der Waals surface area contributed by atoms with Crippen molar-refractivity contribution in [3.8, 4) is 10.7 Å². The quantitative estimate of drug-likeness (QED) is 0.740. The van der Waals surface area contributed by atoms with E-state index in [1.54, 1.807) is 11.3 Å². The molecule has 1 fully saturated rings. The first-order valence-corrected chi connectivity index (χ1v) is 8.41. The molecular weight excluding hydrogens is 296 g/mol. The highest BCUT2D eigenvalue weighted by atomic mass is 32.1. The fourth-order valence-electron chi connectivity index (χ4n) is 3.17. The van der Waals surface area contributed by atoms with Crippen molar-refractivity contribution >= 4 is 11.3 Å². The maximum atomic E-state index is 5.44. The van der Waals surface area contributed by atoms with Crippen LogP contribution in [0.2, 0.25) is 0 Å². The fourth-order valence-corrected chi connectivity index (χ4v) is 3.82. The van der Waals surface area contributed by atoms with Gasteiger partial charge in [0.1, 0.15) is 0 Å². The lowest BCUT2D eigenvalue weighted by Crippen LogP contribution is -2.24. The molecule has 6 heteroatoms. The minimum absolute atomic E-state index is 0.442. The number of thiophene rings is 1. The summed E-state index contributed by atoms with van der Waals surface area (Å²) in [4.78, 5) is 8.02. The van der Waals surface area contributed by atoms with Gasteiger partial charge in [0.2, 0.25) is 11.7 Å². The van der Waals surface area contributed by atoms with Gasteiger partial charge in [-0.25, -0.2) is 0 Å². The summed E-state index contributed by atoms with van der Waals surface area (Å²) in [6.07, 6.45) is 4.50. The average molecular weight is 314 g/mol. The normalized spacial score (nSPS) is 19.0. The molecule has 4 rings (SSSR count). The number of aromatic nitrogens is 3. The van der Waals surface area contributed by atoms with Crippen LogP contribution < -0.4 is 0 Å². The van der Waals surface area contributed by atoms with E-state index in [1.165, 1.54) is 18.5 Å². The van der Waals surface area contributed by atoms with Crippen molar-refractivity contribution in [3.05, 3.63) is 47.4 Å². The van der Waals surface area contributed by atoms with Crippen LogP contribution in [0.3, 0.4) is 0 Å². The zero-order chi connectivity index (χ0) is 14.9. The molecule has 1 saturated heterocycles. The van der Waals surface area contributed by atoms with Crippen molar-refractivity contribution in [2.75, 3.05) is 6.54 Å². The molecule has 22 heavy (non-hydrogen) atoms. The monoisotopic (exact) mass is 314 g/mol. The first-order chi connectivity index (χ1) is 10.8. The lowest BCUT2D eigenvalue weighted by Gasteiger charge is -2.23. The van der Waals surface area contributed by atoms with Gasteiger partial charge in [0.25, 0.3) is 0 Å². The molecule has 0 aromatic carbocycles. The number of likely N-dealkylation sites (tertiary alicyclic amines) is 1. The molecule has 1 atom stereocenters. The summed E-state index contributed by atoms with van der Waals surface area (Å²) in [7, 11) is 2.10. The van der Waals surface area contributed by atoms with Gasteiger partial charge in [0, 0.05) is 18.9 Å². The highest BCUT2D eigenvalue weighted by Crippen LogP contribution is 2.33. The molecule has 4 heterocycles. The van der Waals surface area contributed by atoms with Crippen LogP contribution in [-0.2, 0) is 13.6 Å². The highest BCUT2D eigenvalue weighted by Gasteiger charge is 2.29. The Kier molecular flexibility index (Phi) is 3.56. The smallest absolute Gasteiger partial charge is 0.241 e. The van der Waals surface area contributed by atoms with Gasteiger partial charge in [-0.3, -0.25) is 4.90 Å². The SMILES string of the molecule is Cn1cccc1C1CCCN1Cc1nc(-c2cccs2)no1. The largest absolute Gasteiger partial charge is 0.353 e. The van der Waals surface area contributed by atoms with E-state index in [-0.39, 0.29) is 0 Å². The minimum atomic E-state index is 0.442. The maximum absolute atomic E-state index is 5.44. The zero-order valence-corrected chi connectivity index (χ0v) is 13.3. The second-order valence-electron chi connectivity index (χ2n) is 5.66. The van der Waals surface area contributed by atoms with Crippen LogP contribution in [-0.4, -0.2) is 26.2 Å². The van der Waals surface area contributed by atoms with Crippen LogP contribution in [0.4, 0.5) is 0 Å². The molecule has 0 bridgehead atoms. The Labute approximate surface area is 133 Å². The van der Waals surface area contributed by atoms with Crippen LogP contribution >= 0.6 is 11.3 Å². The van der Waals surface area contributed by atoms with Gasteiger partial charge in [-0.15, -0.1) is 11.3 Å². The minimum Gasteiger partial charge on any atom is -0.353 e. The van der Waals surface area contributed by atoms with E-state index in [4.69, 9.17) is 4.52 Å². The number of hydrogen-bond donors (Lipinski definition) is 0. The Morgan fingerprint density at radius 3 is 3.09 bits per heavy atom. The van der Waals surface area contributed by atoms with Crippen LogP contribution in [0.1, 0.15) is 30.5 Å². The van der Waals surface area contributed by atoms with E-state index >= 15 is 0 Å². The molecule has 0 aliphatic carbocycles.